The Kier molecular flexibility index (Phi) is 5.00. The summed E-state index contributed by atoms with van der Waals surface area (Å²) in [5.74, 6) is 0. The van der Waals surface area contributed by atoms with Gasteiger partial charge >= 0.3 is 0 Å². The van der Waals surface area contributed by atoms with Gasteiger partial charge in [-0.05, 0) is 48.9 Å². The highest BCUT2D eigenvalue weighted by Gasteiger charge is 2.26. The van der Waals surface area contributed by atoms with Crippen molar-refractivity contribution in [1.82, 2.24) is 4.68 Å². The second kappa shape index (κ2) is 8.11. The SMILES string of the molecule is O=[N+]([O-])c1ccc(Nn2c3c(c(-c4ccccc4)c2-c2ccccc2)CCCC3)cc1. The van der Waals surface area contributed by atoms with E-state index in [1.54, 1.807) is 24.3 Å². The van der Waals surface area contributed by atoms with Crippen LogP contribution in [-0.4, -0.2) is 9.60 Å². The number of fused-ring (bicyclic) bond motifs is 1. The zero-order chi connectivity index (χ0) is 21.2. The molecule has 5 nitrogen and oxygen atoms in total. The summed E-state index contributed by atoms with van der Waals surface area (Å²) in [7, 11) is 0. The zero-order valence-electron chi connectivity index (χ0n) is 17.1. The van der Waals surface area contributed by atoms with E-state index in [-0.39, 0.29) is 10.6 Å². The summed E-state index contributed by atoms with van der Waals surface area (Å²) in [5, 5.41) is 11.0. The van der Waals surface area contributed by atoms with Gasteiger partial charge in [-0.3, -0.25) is 20.2 Å². The molecule has 0 saturated carbocycles. The molecule has 1 N–H and O–H groups in total. The smallest absolute Gasteiger partial charge is 0.269 e. The number of aromatic nitrogens is 1. The maximum absolute atomic E-state index is 11.0. The van der Waals surface area contributed by atoms with Gasteiger partial charge in [0.15, 0.2) is 0 Å². The van der Waals surface area contributed by atoms with E-state index in [2.05, 4.69) is 58.6 Å². The van der Waals surface area contributed by atoms with Gasteiger partial charge < -0.3 is 0 Å². The molecule has 1 heterocycles. The van der Waals surface area contributed by atoms with Crippen LogP contribution in [0.1, 0.15) is 24.1 Å². The monoisotopic (exact) mass is 409 g/mol. The minimum absolute atomic E-state index is 0.0911. The molecule has 31 heavy (non-hydrogen) atoms. The van der Waals surface area contributed by atoms with Gasteiger partial charge in [-0.1, -0.05) is 60.7 Å². The first-order valence-corrected chi connectivity index (χ1v) is 10.6. The van der Waals surface area contributed by atoms with Crippen LogP contribution >= 0.6 is 0 Å². The lowest BCUT2D eigenvalue weighted by Crippen LogP contribution is -2.16. The molecule has 0 spiro atoms. The minimum atomic E-state index is -0.371. The number of nitro groups is 1. The lowest BCUT2D eigenvalue weighted by atomic mass is 9.90. The average Bonchev–Trinajstić information content (AvgIpc) is 3.15. The van der Waals surface area contributed by atoms with Crippen molar-refractivity contribution in [2.75, 3.05) is 5.43 Å². The van der Waals surface area contributed by atoms with Crippen molar-refractivity contribution in [3.8, 4) is 22.4 Å². The van der Waals surface area contributed by atoms with Crippen molar-refractivity contribution in [2.24, 2.45) is 0 Å². The fourth-order valence-electron chi connectivity index (χ4n) is 4.49. The number of non-ortho nitro benzene ring substituents is 1. The first-order chi connectivity index (χ1) is 15.2. The predicted molar refractivity (Wildman–Crippen MR) is 124 cm³/mol. The Morgan fingerprint density at radius 1 is 0.774 bits per heavy atom. The van der Waals surface area contributed by atoms with Crippen LogP contribution in [0.4, 0.5) is 11.4 Å². The van der Waals surface area contributed by atoms with E-state index < -0.39 is 0 Å². The number of benzene rings is 3. The molecule has 0 bridgehead atoms. The second-order valence-electron chi connectivity index (χ2n) is 7.84. The largest absolute Gasteiger partial charge is 0.294 e. The topological polar surface area (TPSA) is 60.1 Å². The van der Waals surface area contributed by atoms with Crippen LogP contribution in [0.15, 0.2) is 84.9 Å². The van der Waals surface area contributed by atoms with Crippen LogP contribution < -0.4 is 5.43 Å². The standard InChI is InChI=1S/C26H23N3O2/c30-29(31)22-17-15-21(16-18-22)27-28-24-14-8-7-13-23(24)25(19-9-3-1-4-10-19)26(28)20-11-5-2-6-12-20/h1-6,9-12,15-18,27H,7-8,13-14H2. The molecule has 4 aromatic rings. The fourth-order valence-corrected chi connectivity index (χ4v) is 4.49. The third kappa shape index (κ3) is 3.59. The van der Waals surface area contributed by atoms with Crippen molar-refractivity contribution in [2.45, 2.75) is 25.7 Å². The van der Waals surface area contributed by atoms with Gasteiger partial charge in [0.05, 0.1) is 16.3 Å². The Morgan fingerprint density at radius 3 is 2.03 bits per heavy atom. The van der Waals surface area contributed by atoms with Crippen LogP contribution in [0.2, 0.25) is 0 Å². The van der Waals surface area contributed by atoms with E-state index in [1.165, 1.54) is 28.8 Å². The summed E-state index contributed by atoms with van der Waals surface area (Å²) >= 11 is 0. The molecular formula is C26H23N3O2. The zero-order valence-corrected chi connectivity index (χ0v) is 17.1. The van der Waals surface area contributed by atoms with E-state index in [1.807, 2.05) is 12.1 Å². The van der Waals surface area contributed by atoms with Gasteiger partial charge in [-0.2, -0.15) is 0 Å². The van der Waals surface area contributed by atoms with Gasteiger partial charge in [0.2, 0.25) is 0 Å². The Balaban J connectivity index is 1.71. The number of hydrogen-bond acceptors (Lipinski definition) is 3. The number of nitro benzene ring substituents is 1. The van der Waals surface area contributed by atoms with Crippen molar-refractivity contribution < 1.29 is 4.92 Å². The molecule has 0 saturated heterocycles. The highest BCUT2D eigenvalue weighted by molar-refractivity contribution is 5.86. The number of anilines is 1. The minimum Gasteiger partial charge on any atom is -0.294 e. The van der Waals surface area contributed by atoms with Gasteiger partial charge in [0, 0.05) is 29.0 Å². The van der Waals surface area contributed by atoms with Crippen LogP contribution in [-0.2, 0) is 12.8 Å². The number of nitrogens with zero attached hydrogens (tertiary/aromatic N) is 2. The van der Waals surface area contributed by atoms with E-state index >= 15 is 0 Å². The lowest BCUT2D eigenvalue weighted by Gasteiger charge is -2.19. The molecule has 5 rings (SSSR count). The van der Waals surface area contributed by atoms with Crippen molar-refractivity contribution in [3.05, 3.63) is 106 Å². The van der Waals surface area contributed by atoms with Gasteiger partial charge in [-0.25, -0.2) is 0 Å². The summed E-state index contributed by atoms with van der Waals surface area (Å²) in [4.78, 5) is 10.7. The summed E-state index contributed by atoms with van der Waals surface area (Å²) in [6.07, 6.45) is 4.39. The molecule has 0 radical (unpaired) electrons. The van der Waals surface area contributed by atoms with Gasteiger partial charge in [0.25, 0.3) is 5.69 Å². The molecule has 0 unspecified atom stereocenters. The van der Waals surface area contributed by atoms with Crippen LogP contribution in [0, 0.1) is 10.1 Å². The predicted octanol–water partition coefficient (Wildman–Crippen LogP) is 6.48. The summed E-state index contributed by atoms with van der Waals surface area (Å²) in [5.41, 5.74) is 11.9. The third-order valence-electron chi connectivity index (χ3n) is 5.90. The Morgan fingerprint density at radius 2 is 1.39 bits per heavy atom. The molecule has 0 atom stereocenters. The van der Waals surface area contributed by atoms with E-state index in [0.29, 0.717) is 0 Å². The number of hydrogen-bond donors (Lipinski definition) is 1. The second-order valence-corrected chi connectivity index (χ2v) is 7.84. The summed E-state index contributed by atoms with van der Waals surface area (Å²) in [6, 6.07) is 27.6. The Hall–Kier alpha value is -3.86. The fraction of sp³-hybridized carbons (Fsp3) is 0.154. The van der Waals surface area contributed by atoms with Crippen LogP contribution in [0.3, 0.4) is 0 Å². The Labute approximate surface area is 181 Å². The number of nitrogens with one attached hydrogen (secondary N) is 1. The molecule has 1 aliphatic rings. The maximum Gasteiger partial charge on any atom is 0.269 e. The van der Waals surface area contributed by atoms with Gasteiger partial charge in [-0.15, -0.1) is 0 Å². The first-order valence-electron chi connectivity index (χ1n) is 10.6. The highest BCUT2D eigenvalue weighted by Crippen LogP contribution is 2.42. The average molecular weight is 409 g/mol. The molecule has 1 aromatic heterocycles. The molecule has 0 fully saturated rings. The molecule has 0 amide bonds. The third-order valence-corrected chi connectivity index (χ3v) is 5.90. The van der Waals surface area contributed by atoms with E-state index in [9.17, 15) is 10.1 Å². The van der Waals surface area contributed by atoms with Crippen molar-refractivity contribution in [3.63, 3.8) is 0 Å². The molecule has 154 valence electrons. The van der Waals surface area contributed by atoms with E-state index in [0.717, 1.165) is 36.2 Å². The summed E-state index contributed by atoms with van der Waals surface area (Å²) in [6.45, 7) is 0. The Bertz CT molecular complexity index is 1210. The van der Waals surface area contributed by atoms with Crippen molar-refractivity contribution >= 4 is 11.4 Å². The number of rotatable bonds is 5. The quantitative estimate of drug-likeness (QED) is 0.303. The molecule has 0 aliphatic heterocycles. The van der Waals surface area contributed by atoms with Crippen LogP contribution in [0.25, 0.3) is 22.4 Å². The lowest BCUT2D eigenvalue weighted by molar-refractivity contribution is -0.384. The maximum atomic E-state index is 11.0. The first kappa shape index (κ1) is 19.1. The van der Waals surface area contributed by atoms with Gasteiger partial charge in [0.1, 0.15) is 0 Å². The molecule has 5 heteroatoms. The molecule has 1 aliphatic carbocycles. The molecule has 3 aromatic carbocycles. The normalized spacial score (nSPS) is 12.9. The highest BCUT2D eigenvalue weighted by atomic mass is 16.6. The molecular weight excluding hydrogens is 386 g/mol. The van der Waals surface area contributed by atoms with E-state index in [4.69, 9.17) is 0 Å². The van der Waals surface area contributed by atoms with Crippen LogP contribution in [0.5, 0.6) is 0 Å². The summed E-state index contributed by atoms with van der Waals surface area (Å²) < 4.78 is 2.20. The van der Waals surface area contributed by atoms with Crippen molar-refractivity contribution in [1.29, 1.82) is 0 Å².